The molecule has 144 valence electrons. The lowest BCUT2D eigenvalue weighted by Gasteiger charge is -2.24. The van der Waals surface area contributed by atoms with Gasteiger partial charge in [0.2, 0.25) is 0 Å². The number of carboxylic acids is 1. The number of fused-ring (bicyclic) bond motifs is 1. The van der Waals surface area contributed by atoms with E-state index < -0.39 is 23.5 Å². The number of benzene rings is 2. The molecule has 1 atom stereocenters. The van der Waals surface area contributed by atoms with Crippen molar-refractivity contribution in [3.05, 3.63) is 59.7 Å². The van der Waals surface area contributed by atoms with Gasteiger partial charge in [0, 0.05) is 11.3 Å². The average molecular weight is 371 g/mol. The van der Waals surface area contributed by atoms with Gasteiger partial charge in [-0.3, -0.25) is 9.59 Å². The van der Waals surface area contributed by atoms with Crippen LogP contribution in [0.25, 0.3) is 0 Å². The molecule has 0 radical (unpaired) electrons. The molecule has 0 aliphatic carbocycles. The second kappa shape index (κ2) is 8.58. The summed E-state index contributed by atoms with van der Waals surface area (Å²) in [5, 5.41) is 8.93. The molecule has 0 aromatic heterocycles. The number of nitrogens with two attached hydrogens (primary N) is 1. The first-order valence-corrected chi connectivity index (χ1v) is 8.67. The summed E-state index contributed by atoms with van der Waals surface area (Å²) < 4.78 is 10.3. The summed E-state index contributed by atoms with van der Waals surface area (Å²) in [4.78, 5) is 23.0. The van der Waals surface area contributed by atoms with Gasteiger partial charge in [-0.25, -0.2) is 0 Å². The number of nitrogen functional groups attached to an aromatic ring is 1. The molecule has 0 saturated heterocycles. The summed E-state index contributed by atoms with van der Waals surface area (Å²) in [5.41, 5.74) is 7.33. The lowest BCUT2D eigenvalue weighted by atomic mass is 9.94. The van der Waals surface area contributed by atoms with Gasteiger partial charge in [-0.05, 0) is 38.5 Å². The maximum atomic E-state index is 12.1. The van der Waals surface area contributed by atoms with Crippen molar-refractivity contribution in [2.24, 2.45) is 0 Å². The van der Waals surface area contributed by atoms with E-state index in [0.29, 0.717) is 11.3 Å². The van der Waals surface area contributed by atoms with Crippen molar-refractivity contribution in [1.82, 2.24) is 0 Å². The van der Waals surface area contributed by atoms with Gasteiger partial charge in [-0.2, -0.15) is 0 Å². The fourth-order valence-electron chi connectivity index (χ4n) is 2.53. The van der Waals surface area contributed by atoms with Crippen molar-refractivity contribution >= 4 is 17.6 Å². The van der Waals surface area contributed by atoms with Crippen LogP contribution in [-0.2, 0) is 20.9 Å². The monoisotopic (exact) mass is 371 g/mol. The molecule has 6 nitrogen and oxygen atoms in total. The van der Waals surface area contributed by atoms with Gasteiger partial charge >= 0.3 is 11.9 Å². The zero-order valence-electron chi connectivity index (χ0n) is 15.8. The Kier molecular flexibility index (Phi) is 6.45. The van der Waals surface area contributed by atoms with Crippen LogP contribution in [0, 0.1) is 0 Å². The van der Waals surface area contributed by atoms with Crippen LogP contribution in [0.1, 0.15) is 44.2 Å². The largest absolute Gasteiger partial charge is 0.488 e. The molecule has 1 unspecified atom stereocenters. The number of carbonyl (C=O) groups is 2. The molecular weight excluding hydrogens is 346 g/mol. The standard InChI is InChI=1S/C14H19NO4.C7H6O/c1-14(2,3)19-13(18)10(8-12(16)17)9-6-4-5-7-11(9)15;1-2-4-7-6(3-1)5-8-7/h4-7,10H,8,15H2,1-3H3,(H,16,17);1-4H,5H2. The molecule has 0 spiro atoms. The number of esters is 1. The molecule has 6 heteroatoms. The summed E-state index contributed by atoms with van der Waals surface area (Å²) in [6, 6.07) is 14.8. The molecule has 1 aliphatic rings. The van der Waals surface area contributed by atoms with E-state index in [0.717, 1.165) is 12.4 Å². The number of ether oxygens (including phenoxy) is 2. The molecule has 27 heavy (non-hydrogen) atoms. The molecule has 0 bridgehead atoms. The number of aliphatic carboxylic acids is 1. The zero-order valence-corrected chi connectivity index (χ0v) is 15.8. The number of carboxylic acid groups (broad SMARTS) is 1. The number of rotatable bonds is 4. The van der Waals surface area contributed by atoms with Crippen LogP contribution in [0.3, 0.4) is 0 Å². The number of para-hydroxylation sites is 2. The van der Waals surface area contributed by atoms with E-state index in [2.05, 4.69) is 6.07 Å². The Bertz CT molecular complexity index is 787. The van der Waals surface area contributed by atoms with Crippen molar-refractivity contribution in [2.45, 2.75) is 45.3 Å². The van der Waals surface area contributed by atoms with Crippen molar-refractivity contribution in [3.63, 3.8) is 0 Å². The van der Waals surface area contributed by atoms with Crippen LogP contribution >= 0.6 is 0 Å². The quantitative estimate of drug-likeness (QED) is 0.627. The summed E-state index contributed by atoms with van der Waals surface area (Å²) in [5.74, 6) is -1.49. The first kappa shape index (κ1) is 20.3. The first-order chi connectivity index (χ1) is 12.7. The Morgan fingerprint density at radius 2 is 1.78 bits per heavy atom. The summed E-state index contributed by atoms with van der Waals surface area (Å²) in [7, 11) is 0. The number of hydrogen-bond acceptors (Lipinski definition) is 5. The van der Waals surface area contributed by atoms with Crippen molar-refractivity contribution in [1.29, 1.82) is 0 Å². The third-order valence-corrected chi connectivity index (χ3v) is 3.80. The topological polar surface area (TPSA) is 98.9 Å². The lowest BCUT2D eigenvalue weighted by molar-refractivity contribution is -0.159. The second-order valence-electron chi connectivity index (χ2n) is 7.21. The maximum absolute atomic E-state index is 12.1. The SMILES string of the molecule is CC(C)(C)OC(=O)C(CC(=O)O)c1ccccc1N.c1ccc2c(c1)CO2. The highest BCUT2D eigenvalue weighted by molar-refractivity contribution is 5.85. The minimum atomic E-state index is -1.07. The van der Waals surface area contributed by atoms with Gasteiger partial charge in [0.25, 0.3) is 0 Å². The number of carbonyl (C=O) groups excluding carboxylic acids is 1. The lowest BCUT2D eigenvalue weighted by Crippen LogP contribution is -2.29. The van der Waals surface area contributed by atoms with Gasteiger partial charge in [0.1, 0.15) is 18.0 Å². The Hall–Kier alpha value is -3.02. The molecule has 0 amide bonds. The highest BCUT2D eigenvalue weighted by Crippen LogP contribution is 2.28. The zero-order chi connectivity index (χ0) is 20.0. The van der Waals surface area contributed by atoms with Crippen LogP contribution in [0.2, 0.25) is 0 Å². The fourth-order valence-corrected chi connectivity index (χ4v) is 2.53. The Morgan fingerprint density at radius 3 is 2.22 bits per heavy atom. The Labute approximate surface area is 158 Å². The molecule has 2 aromatic rings. The van der Waals surface area contributed by atoms with Crippen molar-refractivity contribution in [2.75, 3.05) is 5.73 Å². The predicted molar refractivity (Wildman–Crippen MR) is 102 cm³/mol. The number of hydrogen-bond donors (Lipinski definition) is 2. The summed E-state index contributed by atoms with van der Waals surface area (Å²) in [6.45, 7) is 6.00. The average Bonchev–Trinajstić information content (AvgIpc) is 2.53. The van der Waals surface area contributed by atoms with E-state index >= 15 is 0 Å². The predicted octanol–water partition coefficient (Wildman–Crippen LogP) is 3.75. The molecule has 2 aromatic carbocycles. The summed E-state index contributed by atoms with van der Waals surface area (Å²) in [6.07, 6.45) is -0.344. The van der Waals surface area contributed by atoms with Crippen molar-refractivity contribution < 1.29 is 24.2 Å². The molecule has 0 fully saturated rings. The fraction of sp³-hybridized carbons (Fsp3) is 0.333. The highest BCUT2D eigenvalue weighted by Gasteiger charge is 2.29. The molecule has 3 rings (SSSR count). The van der Waals surface area contributed by atoms with E-state index in [4.69, 9.17) is 20.3 Å². The third-order valence-electron chi connectivity index (χ3n) is 3.80. The molecule has 1 heterocycles. The molecular formula is C21H25NO5. The minimum absolute atomic E-state index is 0.344. The van der Waals surface area contributed by atoms with Gasteiger partial charge in [-0.1, -0.05) is 36.4 Å². The summed E-state index contributed by atoms with van der Waals surface area (Å²) >= 11 is 0. The van der Waals surface area contributed by atoms with E-state index in [-0.39, 0.29) is 6.42 Å². The molecule has 3 N–H and O–H groups in total. The molecule has 0 saturated carbocycles. The van der Waals surface area contributed by atoms with E-state index in [1.807, 2.05) is 18.2 Å². The van der Waals surface area contributed by atoms with Crippen molar-refractivity contribution in [3.8, 4) is 5.75 Å². The van der Waals surface area contributed by atoms with Crippen LogP contribution < -0.4 is 10.5 Å². The van der Waals surface area contributed by atoms with E-state index in [9.17, 15) is 9.59 Å². The highest BCUT2D eigenvalue weighted by atomic mass is 16.6. The van der Waals surface area contributed by atoms with Crippen LogP contribution in [0.4, 0.5) is 5.69 Å². The first-order valence-electron chi connectivity index (χ1n) is 8.67. The third kappa shape index (κ3) is 6.02. The van der Waals surface area contributed by atoms with Gasteiger partial charge in [-0.15, -0.1) is 0 Å². The maximum Gasteiger partial charge on any atom is 0.314 e. The van der Waals surface area contributed by atoms with E-state index in [1.54, 1.807) is 45.0 Å². The number of anilines is 1. The Balaban J connectivity index is 0.000000266. The van der Waals surface area contributed by atoms with Gasteiger partial charge in [0.05, 0.1) is 12.3 Å². The van der Waals surface area contributed by atoms with Gasteiger partial charge in [0.15, 0.2) is 0 Å². The molecule has 1 aliphatic heterocycles. The van der Waals surface area contributed by atoms with E-state index in [1.165, 1.54) is 5.56 Å². The van der Waals surface area contributed by atoms with Crippen LogP contribution in [0.5, 0.6) is 5.75 Å². The van der Waals surface area contributed by atoms with Crippen LogP contribution in [0.15, 0.2) is 48.5 Å². The minimum Gasteiger partial charge on any atom is -0.488 e. The second-order valence-corrected chi connectivity index (χ2v) is 7.21. The smallest absolute Gasteiger partial charge is 0.314 e. The Morgan fingerprint density at radius 1 is 1.15 bits per heavy atom. The normalized spacial score (nSPS) is 13.0. The van der Waals surface area contributed by atoms with Gasteiger partial charge < -0.3 is 20.3 Å². The van der Waals surface area contributed by atoms with Crippen LogP contribution in [-0.4, -0.2) is 22.6 Å².